The van der Waals surface area contributed by atoms with Crippen LogP contribution in [0.2, 0.25) is 0 Å². The third-order valence-corrected chi connectivity index (χ3v) is 4.84. The Labute approximate surface area is 153 Å². The summed E-state index contributed by atoms with van der Waals surface area (Å²) >= 11 is 0. The molecule has 2 aromatic rings. The average Bonchev–Trinajstić information content (AvgIpc) is 2.63. The molecule has 2 aromatic carbocycles. The van der Waals surface area contributed by atoms with E-state index >= 15 is 0 Å². The molecule has 0 spiro atoms. The molecule has 0 aromatic heterocycles. The molecule has 1 nitrogen and oxygen atoms in total. The van der Waals surface area contributed by atoms with Crippen LogP contribution in [0.5, 0.6) is 0 Å². The van der Waals surface area contributed by atoms with Crippen LogP contribution in [0.1, 0.15) is 29.5 Å². The lowest BCUT2D eigenvalue weighted by molar-refractivity contribution is -0.137. The monoisotopic (exact) mass is 359 g/mol. The van der Waals surface area contributed by atoms with Crippen molar-refractivity contribution in [3.8, 4) is 0 Å². The second-order valence-corrected chi connectivity index (χ2v) is 6.95. The smallest absolute Gasteiger partial charge is 0.295 e. The van der Waals surface area contributed by atoms with E-state index in [1.54, 1.807) is 12.1 Å². The molecule has 138 valence electrons. The highest BCUT2D eigenvalue weighted by molar-refractivity contribution is 5.24. The number of alkyl halides is 3. The minimum Gasteiger partial charge on any atom is -0.295 e. The molecule has 0 bridgehead atoms. The van der Waals surface area contributed by atoms with Crippen LogP contribution in [0.3, 0.4) is 0 Å². The van der Waals surface area contributed by atoms with Crippen LogP contribution in [-0.4, -0.2) is 18.0 Å². The van der Waals surface area contributed by atoms with Crippen molar-refractivity contribution in [2.75, 3.05) is 13.1 Å². The largest absolute Gasteiger partial charge is 0.416 e. The minimum absolute atomic E-state index is 0.516. The van der Waals surface area contributed by atoms with E-state index in [1.807, 2.05) is 6.07 Å². The van der Waals surface area contributed by atoms with Gasteiger partial charge in [-0.1, -0.05) is 54.6 Å². The van der Waals surface area contributed by atoms with Gasteiger partial charge in [0, 0.05) is 19.6 Å². The Morgan fingerprint density at radius 1 is 0.923 bits per heavy atom. The molecule has 0 amide bonds. The molecular formula is C22H24F3N. The number of benzene rings is 2. The lowest BCUT2D eigenvalue weighted by Gasteiger charge is -2.29. The number of hydrogen-bond donors (Lipinski definition) is 0. The van der Waals surface area contributed by atoms with Gasteiger partial charge in [0.1, 0.15) is 0 Å². The fraction of sp³-hybridized carbons (Fsp3) is 0.364. The van der Waals surface area contributed by atoms with Crippen molar-refractivity contribution in [1.82, 2.24) is 4.90 Å². The van der Waals surface area contributed by atoms with Gasteiger partial charge in [0.2, 0.25) is 0 Å². The zero-order chi connectivity index (χ0) is 18.4. The average molecular weight is 359 g/mol. The van der Waals surface area contributed by atoms with Crippen LogP contribution in [0.15, 0.2) is 66.7 Å². The van der Waals surface area contributed by atoms with Crippen LogP contribution in [0.4, 0.5) is 13.2 Å². The Morgan fingerprint density at radius 2 is 1.65 bits per heavy atom. The SMILES string of the molecule is FC(F)(F)c1ccc(CCC[C@@H]2C=CCN(Cc3ccccc3)C2)cc1. The summed E-state index contributed by atoms with van der Waals surface area (Å²) in [7, 11) is 0. The Balaban J connectivity index is 1.44. The molecule has 26 heavy (non-hydrogen) atoms. The van der Waals surface area contributed by atoms with Crippen molar-refractivity contribution < 1.29 is 13.2 Å². The molecule has 1 heterocycles. The van der Waals surface area contributed by atoms with Crippen molar-refractivity contribution in [3.63, 3.8) is 0 Å². The third kappa shape index (κ3) is 5.46. The van der Waals surface area contributed by atoms with E-state index in [0.29, 0.717) is 5.92 Å². The van der Waals surface area contributed by atoms with E-state index in [0.717, 1.165) is 44.5 Å². The Morgan fingerprint density at radius 3 is 2.35 bits per heavy atom. The number of nitrogens with zero attached hydrogens (tertiary/aromatic N) is 1. The normalized spacial score (nSPS) is 18.2. The molecule has 0 saturated carbocycles. The van der Waals surface area contributed by atoms with Gasteiger partial charge < -0.3 is 0 Å². The molecule has 0 radical (unpaired) electrons. The predicted molar refractivity (Wildman–Crippen MR) is 98.7 cm³/mol. The van der Waals surface area contributed by atoms with E-state index in [9.17, 15) is 13.2 Å². The highest BCUT2D eigenvalue weighted by Crippen LogP contribution is 2.29. The lowest BCUT2D eigenvalue weighted by atomic mass is 9.96. The van der Waals surface area contributed by atoms with E-state index in [1.165, 1.54) is 17.7 Å². The summed E-state index contributed by atoms with van der Waals surface area (Å²) < 4.78 is 37.8. The van der Waals surface area contributed by atoms with Crippen molar-refractivity contribution in [2.24, 2.45) is 5.92 Å². The van der Waals surface area contributed by atoms with Gasteiger partial charge in [-0.3, -0.25) is 4.90 Å². The number of hydrogen-bond acceptors (Lipinski definition) is 1. The zero-order valence-electron chi connectivity index (χ0n) is 14.8. The molecular weight excluding hydrogens is 335 g/mol. The molecule has 4 heteroatoms. The quantitative estimate of drug-likeness (QED) is 0.597. The van der Waals surface area contributed by atoms with Crippen molar-refractivity contribution in [3.05, 3.63) is 83.4 Å². The van der Waals surface area contributed by atoms with E-state index in [4.69, 9.17) is 0 Å². The maximum atomic E-state index is 12.6. The van der Waals surface area contributed by atoms with Gasteiger partial charge in [-0.15, -0.1) is 0 Å². The molecule has 0 fully saturated rings. The standard InChI is InChI=1S/C22H24F3N/c23-22(24,25)21-13-11-18(12-14-21)8-4-9-20-10-5-15-26(17-20)16-19-6-2-1-3-7-19/h1-3,5-7,10-14,20H,4,8-9,15-17H2/t20-/m1/s1. The molecule has 1 aliphatic heterocycles. The van der Waals surface area contributed by atoms with Crippen LogP contribution >= 0.6 is 0 Å². The number of aryl methyl sites for hydroxylation is 1. The first-order valence-corrected chi connectivity index (χ1v) is 9.10. The maximum Gasteiger partial charge on any atom is 0.416 e. The summed E-state index contributed by atoms with van der Waals surface area (Å²) in [6.07, 6.45) is 3.13. The maximum absolute atomic E-state index is 12.6. The molecule has 0 N–H and O–H groups in total. The summed E-state index contributed by atoms with van der Waals surface area (Å²) in [6, 6.07) is 16.0. The van der Waals surface area contributed by atoms with Gasteiger partial charge >= 0.3 is 6.18 Å². The number of halogens is 3. The second kappa shape index (κ2) is 8.54. The summed E-state index contributed by atoms with van der Waals surface area (Å²) in [5.41, 5.74) is 1.72. The minimum atomic E-state index is -4.26. The van der Waals surface area contributed by atoms with Gasteiger partial charge in [0.05, 0.1) is 5.56 Å². The molecule has 3 rings (SSSR count). The second-order valence-electron chi connectivity index (χ2n) is 6.95. The van der Waals surface area contributed by atoms with Crippen LogP contribution in [0.25, 0.3) is 0 Å². The summed E-state index contributed by atoms with van der Waals surface area (Å²) in [5.74, 6) is 0.516. The topological polar surface area (TPSA) is 3.24 Å². The summed E-state index contributed by atoms with van der Waals surface area (Å²) in [5, 5.41) is 0. The first kappa shape index (κ1) is 18.7. The molecule has 0 aliphatic carbocycles. The zero-order valence-corrected chi connectivity index (χ0v) is 14.8. The van der Waals surface area contributed by atoms with Gasteiger partial charge in [-0.05, 0) is 48.4 Å². The van der Waals surface area contributed by atoms with Crippen molar-refractivity contribution >= 4 is 0 Å². The Kier molecular flexibility index (Phi) is 6.15. The molecule has 1 aliphatic rings. The van der Waals surface area contributed by atoms with Gasteiger partial charge in [-0.25, -0.2) is 0 Å². The lowest BCUT2D eigenvalue weighted by Crippen LogP contribution is -2.32. The first-order chi connectivity index (χ1) is 12.5. The van der Waals surface area contributed by atoms with Crippen LogP contribution in [0, 0.1) is 5.92 Å². The van der Waals surface area contributed by atoms with Gasteiger partial charge in [0.25, 0.3) is 0 Å². The fourth-order valence-electron chi connectivity index (χ4n) is 3.46. The van der Waals surface area contributed by atoms with Crippen molar-refractivity contribution in [1.29, 1.82) is 0 Å². The van der Waals surface area contributed by atoms with E-state index < -0.39 is 11.7 Å². The first-order valence-electron chi connectivity index (χ1n) is 9.10. The summed E-state index contributed by atoms with van der Waals surface area (Å²) in [6.45, 7) is 2.98. The fourth-order valence-corrected chi connectivity index (χ4v) is 3.46. The highest BCUT2D eigenvalue weighted by Gasteiger charge is 2.29. The Hall–Kier alpha value is -2.07. The van der Waals surface area contributed by atoms with Gasteiger partial charge in [0.15, 0.2) is 0 Å². The molecule has 0 unspecified atom stereocenters. The summed E-state index contributed by atoms with van der Waals surface area (Å²) in [4.78, 5) is 2.44. The van der Waals surface area contributed by atoms with Crippen LogP contribution in [-0.2, 0) is 19.1 Å². The molecule has 1 atom stereocenters. The van der Waals surface area contributed by atoms with E-state index in [-0.39, 0.29) is 0 Å². The van der Waals surface area contributed by atoms with E-state index in [2.05, 4.69) is 41.3 Å². The Bertz CT molecular complexity index is 704. The van der Waals surface area contributed by atoms with Gasteiger partial charge in [-0.2, -0.15) is 13.2 Å². The highest BCUT2D eigenvalue weighted by atomic mass is 19.4. The number of rotatable bonds is 6. The third-order valence-electron chi connectivity index (χ3n) is 4.84. The molecule has 0 saturated heterocycles. The predicted octanol–water partition coefficient (Wildman–Crippen LogP) is 5.72. The van der Waals surface area contributed by atoms with Crippen LogP contribution < -0.4 is 0 Å². The van der Waals surface area contributed by atoms with Crippen molar-refractivity contribution in [2.45, 2.75) is 32.0 Å².